The molecular formula is C15H25NO. The van der Waals surface area contributed by atoms with E-state index in [0.29, 0.717) is 0 Å². The lowest BCUT2D eigenvalue weighted by atomic mass is 9.98. The van der Waals surface area contributed by atoms with E-state index in [2.05, 4.69) is 57.8 Å². The van der Waals surface area contributed by atoms with Crippen LogP contribution in [0.1, 0.15) is 37.0 Å². The Balaban J connectivity index is 2.73. The van der Waals surface area contributed by atoms with E-state index in [1.807, 2.05) is 0 Å². The Morgan fingerprint density at radius 2 is 1.82 bits per heavy atom. The molecule has 0 spiro atoms. The second kappa shape index (κ2) is 5.65. The molecule has 0 aliphatic heterocycles. The molecule has 0 atom stereocenters. The minimum Gasteiger partial charge on any atom is -0.396 e. The molecule has 0 radical (unpaired) electrons. The van der Waals surface area contributed by atoms with Gasteiger partial charge in [0.15, 0.2) is 0 Å². The summed E-state index contributed by atoms with van der Waals surface area (Å²) in [6.07, 6.45) is 0.800. The molecule has 2 heteroatoms. The summed E-state index contributed by atoms with van der Waals surface area (Å²) in [5, 5.41) is 9.07. The molecule has 0 aliphatic carbocycles. The van der Waals surface area contributed by atoms with E-state index in [1.165, 1.54) is 16.7 Å². The SMILES string of the molecule is Cc1ccc(CN(C)C(C)(C)CCO)cc1C. The Hall–Kier alpha value is -0.860. The van der Waals surface area contributed by atoms with Gasteiger partial charge in [-0.2, -0.15) is 0 Å². The third-order valence-corrected chi connectivity index (χ3v) is 3.75. The lowest BCUT2D eigenvalue weighted by molar-refractivity contribution is 0.110. The summed E-state index contributed by atoms with van der Waals surface area (Å²) in [6.45, 7) is 9.79. The Kier molecular flexibility index (Phi) is 4.72. The highest BCUT2D eigenvalue weighted by molar-refractivity contribution is 5.29. The number of hydrogen-bond donors (Lipinski definition) is 1. The van der Waals surface area contributed by atoms with Crippen molar-refractivity contribution < 1.29 is 5.11 Å². The number of aliphatic hydroxyl groups is 1. The lowest BCUT2D eigenvalue weighted by Gasteiger charge is -2.35. The van der Waals surface area contributed by atoms with Crippen LogP contribution in [0, 0.1) is 13.8 Å². The van der Waals surface area contributed by atoms with Crippen LogP contribution in [0.25, 0.3) is 0 Å². The van der Waals surface area contributed by atoms with Gasteiger partial charge in [-0.05, 0) is 57.9 Å². The smallest absolute Gasteiger partial charge is 0.0448 e. The molecule has 0 fully saturated rings. The van der Waals surface area contributed by atoms with Crippen molar-refractivity contribution in [2.75, 3.05) is 13.7 Å². The monoisotopic (exact) mass is 235 g/mol. The average molecular weight is 235 g/mol. The molecule has 1 N–H and O–H groups in total. The molecule has 1 rings (SSSR count). The molecule has 0 aliphatic rings. The van der Waals surface area contributed by atoms with Crippen LogP contribution in [-0.4, -0.2) is 29.2 Å². The van der Waals surface area contributed by atoms with Crippen molar-refractivity contribution >= 4 is 0 Å². The first kappa shape index (κ1) is 14.2. The molecule has 1 aromatic carbocycles. The van der Waals surface area contributed by atoms with Gasteiger partial charge >= 0.3 is 0 Å². The Morgan fingerprint density at radius 3 is 2.35 bits per heavy atom. The van der Waals surface area contributed by atoms with Crippen molar-refractivity contribution in [2.45, 2.75) is 46.2 Å². The highest BCUT2D eigenvalue weighted by atomic mass is 16.3. The van der Waals surface area contributed by atoms with Gasteiger partial charge in [-0.3, -0.25) is 4.90 Å². The van der Waals surface area contributed by atoms with Crippen molar-refractivity contribution in [2.24, 2.45) is 0 Å². The normalized spacial score (nSPS) is 12.2. The summed E-state index contributed by atoms with van der Waals surface area (Å²) in [6, 6.07) is 6.62. The fraction of sp³-hybridized carbons (Fsp3) is 0.600. The van der Waals surface area contributed by atoms with Crippen LogP contribution in [0.4, 0.5) is 0 Å². The summed E-state index contributed by atoms with van der Waals surface area (Å²) in [7, 11) is 2.12. The predicted molar refractivity (Wildman–Crippen MR) is 73.2 cm³/mol. The van der Waals surface area contributed by atoms with Crippen molar-refractivity contribution in [1.82, 2.24) is 4.90 Å². The average Bonchev–Trinajstić information content (AvgIpc) is 2.23. The summed E-state index contributed by atoms with van der Waals surface area (Å²) in [5.41, 5.74) is 4.05. The molecule has 0 bridgehead atoms. The Labute approximate surface area is 105 Å². The second-order valence-corrected chi connectivity index (χ2v) is 5.56. The quantitative estimate of drug-likeness (QED) is 0.848. The minimum atomic E-state index is 0.0353. The first-order chi connectivity index (χ1) is 7.86. The molecule has 0 unspecified atom stereocenters. The van der Waals surface area contributed by atoms with Gasteiger partial charge in [0, 0.05) is 18.7 Å². The number of aliphatic hydroxyl groups excluding tert-OH is 1. The molecule has 0 aromatic heterocycles. The Bertz CT molecular complexity index is 371. The molecule has 2 nitrogen and oxygen atoms in total. The summed E-state index contributed by atoms with van der Waals surface area (Å²) >= 11 is 0. The zero-order valence-electron chi connectivity index (χ0n) is 11.7. The number of hydrogen-bond acceptors (Lipinski definition) is 2. The predicted octanol–water partition coefficient (Wildman–Crippen LogP) is 2.90. The standard InChI is InChI=1S/C15H25NO/c1-12-6-7-14(10-13(12)2)11-16(5)15(3,4)8-9-17/h6-7,10,17H,8-9,11H2,1-5H3. The van der Waals surface area contributed by atoms with Crippen molar-refractivity contribution in [3.05, 3.63) is 34.9 Å². The third kappa shape index (κ3) is 3.83. The Morgan fingerprint density at radius 1 is 1.18 bits per heavy atom. The molecule has 0 amide bonds. The van der Waals surface area contributed by atoms with Crippen LogP contribution in [0.15, 0.2) is 18.2 Å². The number of nitrogens with zero attached hydrogens (tertiary/aromatic N) is 1. The highest BCUT2D eigenvalue weighted by Gasteiger charge is 2.22. The van der Waals surface area contributed by atoms with Gasteiger partial charge in [0.2, 0.25) is 0 Å². The van der Waals surface area contributed by atoms with E-state index in [-0.39, 0.29) is 12.1 Å². The van der Waals surface area contributed by atoms with E-state index < -0.39 is 0 Å². The molecule has 96 valence electrons. The number of aryl methyl sites for hydroxylation is 2. The van der Waals surface area contributed by atoms with Crippen molar-refractivity contribution in [3.8, 4) is 0 Å². The van der Waals surface area contributed by atoms with Gasteiger partial charge in [0.1, 0.15) is 0 Å². The van der Waals surface area contributed by atoms with Crippen molar-refractivity contribution in [3.63, 3.8) is 0 Å². The van der Waals surface area contributed by atoms with Crippen LogP contribution < -0.4 is 0 Å². The third-order valence-electron chi connectivity index (χ3n) is 3.75. The van der Waals surface area contributed by atoms with Crippen LogP contribution in [0.3, 0.4) is 0 Å². The van der Waals surface area contributed by atoms with Crippen molar-refractivity contribution in [1.29, 1.82) is 0 Å². The maximum Gasteiger partial charge on any atom is 0.0448 e. The molecule has 0 saturated heterocycles. The van der Waals surface area contributed by atoms with E-state index in [9.17, 15) is 0 Å². The maximum atomic E-state index is 9.07. The number of benzene rings is 1. The van der Waals surface area contributed by atoms with Gasteiger partial charge in [0.05, 0.1) is 0 Å². The fourth-order valence-corrected chi connectivity index (χ4v) is 1.85. The first-order valence-electron chi connectivity index (χ1n) is 6.25. The molecule has 0 saturated carbocycles. The van der Waals surface area contributed by atoms with Gasteiger partial charge in [-0.25, -0.2) is 0 Å². The van der Waals surface area contributed by atoms with Crippen LogP contribution in [-0.2, 0) is 6.54 Å². The summed E-state index contributed by atoms with van der Waals surface area (Å²) in [4.78, 5) is 2.30. The van der Waals surface area contributed by atoms with Crippen LogP contribution >= 0.6 is 0 Å². The van der Waals surface area contributed by atoms with Gasteiger partial charge in [-0.1, -0.05) is 18.2 Å². The minimum absolute atomic E-state index is 0.0353. The second-order valence-electron chi connectivity index (χ2n) is 5.56. The fourth-order valence-electron chi connectivity index (χ4n) is 1.85. The molecule has 17 heavy (non-hydrogen) atoms. The van der Waals surface area contributed by atoms with Crippen LogP contribution in [0.2, 0.25) is 0 Å². The largest absolute Gasteiger partial charge is 0.396 e. The maximum absolute atomic E-state index is 9.07. The van der Waals surface area contributed by atoms with E-state index in [4.69, 9.17) is 5.11 Å². The first-order valence-corrected chi connectivity index (χ1v) is 6.25. The van der Waals surface area contributed by atoms with E-state index in [0.717, 1.165) is 13.0 Å². The summed E-state index contributed by atoms with van der Waals surface area (Å²) < 4.78 is 0. The molecule has 1 aromatic rings. The van der Waals surface area contributed by atoms with Crippen LogP contribution in [0.5, 0.6) is 0 Å². The zero-order chi connectivity index (χ0) is 13.1. The molecular weight excluding hydrogens is 210 g/mol. The van der Waals surface area contributed by atoms with Gasteiger partial charge < -0.3 is 5.11 Å². The van der Waals surface area contributed by atoms with Gasteiger partial charge in [0.25, 0.3) is 0 Å². The summed E-state index contributed by atoms with van der Waals surface area (Å²) in [5.74, 6) is 0. The van der Waals surface area contributed by atoms with Gasteiger partial charge in [-0.15, -0.1) is 0 Å². The zero-order valence-corrected chi connectivity index (χ0v) is 11.7. The molecule has 0 heterocycles. The number of rotatable bonds is 5. The van der Waals surface area contributed by atoms with E-state index in [1.54, 1.807) is 0 Å². The topological polar surface area (TPSA) is 23.5 Å². The highest BCUT2D eigenvalue weighted by Crippen LogP contribution is 2.20. The lowest BCUT2D eigenvalue weighted by Crippen LogP contribution is -2.41. The van der Waals surface area contributed by atoms with E-state index >= 15 is 0 Å².